The molecule has 120 valence electrons. The molecule has 5 heteroatoms. The van der Waals surface area contributed by atoms with Gasteiger partial charge in [0.05, 0.1) is 0 Å². The molecule has 0 bridgehead atoms. The lowest BCUT2D eigenvalue weighted by molar-refractivity contribution is -0.123. The van der Waals surface area contributed by atoms with Crippen molar-refractivity contribution >= 4 is 11.8 Å². The monoisotopic (exact) mass is 304 g/mol. The number of benzene rings is 1. The summed E-state index contributed by atoms with van der Waals surface area (Å²) >= 11 is 0. The summed E-state index contributed by atoms with van der Waals surface area (Å²) in [5.41, 5.74) is 5.58. The highest BCUT2D eigenvalue weighted by Crippen LogP contribution is 2.27. The second kappa shape index (κ2) is 7.82. The van der Waals surface area contributed by atoms with E-state index in [0.29, 0.717) is 17.2 Å². The van der Waals surface area contributed by atoms with Crippen molar-refractivity contribution in [3.8, 4) is 5.75 Å². The smallest absolute Gasteiger partial charge is 0.257 e. The summed E-state index contributed by atoms with van der Waals surface area (Å²) < 4.78 is 5.40. The number of hydrogen-bond acceptors (Lipinski definition) is 3. The van der Waals surface area contributed by atoms with Crippen LogP contribution in [0.5, 0.6) is 5.75 Å². The summed E-state index contributed by atoms with van der Waals surface area (Å²) in [7, 11) is 0. The van der Waals surface area contributed by atoms with Gasteiger partial charge < -0.3 is 15.8 Å². The first-order chi connectivity index (χ1) is 10.5. The number of ether oxygens (including phenoxy) is 1. The Balaban J connectivity index is 1.70. The summed E-state index contributed by atoms with van der Waals surface area (Å²) in [5, 5.41) is 2.93. The molecule has 2 atom stereocenters. The Morgan fingerprint density at radius 3 is 2.64 bits per heavy atom. The number of rotatable bonds is 6. The Morgan fingerprint density at radius 2 is 2.00 bits per heavy atom. The van der Waals surface area contributed by atoms with Crippen LogP contribution in [0, 0.1) is 11.8 Å². The molecule has 0 aromatic heterocycles. The zero-order valence-electron chi connectivity index (χ0n) is 13.0. The molecule has 2 rings (SSSR count). The van der Waals surface area contributed by atoms with Crippen LogP contribution < -0.4 is 15.8 Å². The summed E-state index contributed by atoms with van der Waals surface area (Å²) in [5.74, 6) is 1.30. The highest BCUT2D eigenvalue weighted by atomic mass is 16.5. The fourth-order valence-electron chi connectivity index (χ4n) is 2.92. The summed E-state index contributed by atoms with van der Waals surface area (Å²) in [6.07, 6.45) is 4.94. The topological polar surface area (TPSA) is 81.4 Å². The van der Waals surface area contributed by atoms with Crippen LogP contribution in [0.1, 0.15) is 43.0 Å². The van der Waals surface area contributed by atoms with Crippen LogP contribution in [-0.2, 0) is 4.79 Å². The first kappa shape index (κ1) is 16.3. The molecule has 1 aliphatic rings. The maximum atomic E-state index is 11.8. The quantitative estimate of drug-likeness (QED) is 0.844. The lowest BCUT2D eigenvalue weighted by atomic mass is 9.82. The molecular formula is C17H24N2O3. The predicted octanol–water partition coefficient (Wildman–Crippen LogP) is 2.11. The van der Waals surface area contributed by atoms with Gasteiger partial charge in [0.2, 0.25) is 5.91 Å². The summed E-state index contributed by atoms with van der Waals surface area (Å²) in [6.45, 7) is 2.98. The molecule has 3 N–H and O–H groups in total. The second-order valence-electron chi connectivity index (χ2n) is 6.12. The van der Waals surface area contributed by atoms with E-state index in [1.165, 1.54) is 25.7 Å². The maximum Gasteiger partial charge on any atom is 0.257 e. The molecule has 0 radical (unpaired) electrons. The molecule has 5 nitrogen and oxygen atoms in total. The average molecular weight is 304 g/mol. The molecular weight excluding hydrogens is 280 g/mol. The van der Waals surface area contributed by atoms with E-state index in [-0.39, 0.29) is 12.5 Å². The first-order valence-corrected chi connectivity index (χ1v) is 7.84. The van der Waals surface area contributed by atoms with Gasteiger partial charge in [0, 0.05) is 12.1 Å². The normalized spacial score (nSPS) is 21.1. The minimum Gasteiger partial charge on any atom is -0.484 e. The van der Waals surface area contributed by atoms with Crippen LogP contribution in [0.3, 0.4) is 0 Å². The largest absolute Gasteiger partial charge is 0.484 e. The molecule has 0 saturated heterocycles. The van der Waals surface area contributed by atoms with Gasteiger partial charge in [0.1, 0.15) is 5.75 Å². The van der Waals surface area contributed by atoms with Gasteiger partial charge in [0.15, 0.2) is 6.61 Å². The number of nitrogens with two attached hydrogens (primary N) is 1. The van der Waals surface area contributed by atoms with Crippen molar-refractivity contribution < 1.29 is 14.3 Å². The fraction of sp³-hybridized carbons (Fsp3) is 0.529. The van der Waals surface area contributed by atoms with Crippen LogP contribution in [-0.4, -0.2) is 25.0 Å². The van der Waals surface area contributed by atoms with Gasteiger partial charge >= 0.3 is 0 Å². The Bertz CT molecular complexity index is 513. The zero-order chi connectivity index (χ0) is 15.9. The maximum absolute atomic E-state index is 11.8. The van der Waals surface area contributed by atoms with E-state index in [1.807, 2.05) is 0 Å². The number of carbonyl (C=O) groups is 2. The SMILES string of the molecule is CC1CCCC(CNC(=O)COc2ccc(C(N)=O)cc2)C1. The van der Waals surface area contributed by atoms with E-state index >= 15 is 0 Å². The molecule has 2 unspecified atom stereocenters. The van der Waals surface area contributed by atoms with Crippen molar-refractivity contribution in [1.29, 1.82) is 0 Å². The molecule has 0 spiro atoms. The molecule has 2 amide bonds. The molecule has 1 aromatic carbocycles. The Morgan fingerprint density at radius 1 is 1.27 bits per heavy atom. The molecule has 22 heavy (non-hydrogen) atoms. The first-order valence-electron chi connectivity index (χ1n) is 7.84. The van der Waals surface area contributed by atoms with Crippen LogP contribution in [0.4, 0.5) is 0 Å². The lowest BCUT2D eigenvalue weighted by Gasteiger charge is -2.26. The zero-order valence-corrected chi connectivity index (χ0v) is 13.0. The van der Waals surface area contributed by atoms with Crippen molar-refractivity contribution in [3.05, 3.63) is 29.8 Å². The van der Waals surface area contributed by atoms with E-state index in [0.717, 1.165) is 12.5 Å². The summed E-state index contributed by atoms with van der Waals surface area (Å²) in [6, 6.07) is 6.43. The van der Waals surface area contributed by atoms with E-state index in [4.69, 9.17) is 10.5 Å². The van der Waals surface area contributed by atoms with Crippen molar-refractivity contribution in [2.45, 2.75) is 32.6 Å². The van der Waals surface area contributed by atoms with Gasteiger partial charge in [0.25, 0.3) is 5.91 Å². The number of primary amides is 1. The Kier molecular flexibility index (Phi) is 5.81. The molecule has 1 aromatic rings. The van der Waals surface area contributed by atoms with Gasteiger partial charge in [-0.25, -0.2) is 0 Å². The Hall–Kier alpha value is -2.04. The van der Waals surface area contributed by atoms with E-state index in [2.05, 4.69) is 12.2 Å². The minimum atomic E-state index is -0.481. The number of nitrogens with one attached hydrogen (secondary N) is 1. The summed E-state index contributed by atoms with van der Waals surface area (Å²) in [4.78, 5) is 22.8. The third-order valence-corrected chi connectivity index (χ3v) is 4.14. The van der Waals surface area contributed by atoms with Crippen molar-refractivity contribution in [3.63, 3.8) is 0 Å². The third-order valence-electron chi connectivity index (χ3n) is 4.14. The highest BCUT2D eigenvalue weighted by Gasteiger charge is 2.19. The molecule has 1 aliphatic carbocycles. The van der Waals surface area contributed by atoms with Crippen LogP contribution in [0.15, 0.2) is 24.3 Å². The third kappa shape index (κ3) is 5.06. The van der Waals surface area contributed by atoms with Crippen molar-refractivity contribution in [1.82, 2.24) is 5.32 Å². The molecule has 0 aliphatic heterocycles. The van der Waals surface area contributed by atoms with Gasteiger partial charge in [-0.2, -0.15) is 0 Å². The number of hydrogen-bond donors (Lipinski definition) is 2. The molecule has 1 saturated carbocycles. The second-order valence-corrected chi connectivity index (χ2v) is 6.12. The molecule has 0 heterocycles. The van der Waals surface area contributed by atoms with Gasteiger partial charge in [-0.3, -0.25) is 9.59 Å². The van der Waals surface area contributed by atoms with E-state index in [9.17, 15) is 9.59 Å². The van der Waals surface area contributed by atoms with Crippen LogP contribution >= 0.6 is 0 Å². The predicted molar refractivity (Wildman–Crippen MR) is 84.6 cm³/mol. The molecule has 1 fully saturated rings. The van der Waals surface area contributed by atoms with Crippen LogP contribution in [0.25, 0.3) is 0 Å². The highest BCUT2D eigenvalue weighted by molar-refractivity contribution is 5.92. The fourth-order valence-corrected chi connectivity index (χ4v) is 2.92. The van der Waals surface area contributed by atoms with Crippen molar-refractivity contribution in [2.24, 2.45) is 17.6 Å². The van der Waals surface area contributed by atoms with E-state index in [1.54, 1.807) is 24.3 Å². The Labute approximate surface area is 131 Å². The van der Waals surface area contributed by atoms with Gasteiger partial charge in [-0.1, -0.05) is 19.8 Å². The minimum absolute atomic E-state index is 0.0157. The van der Waals surface area contributed by atoms with Gasteiger partial charge in [-0.15, -0.1) is 0 Å². The van der Waals surface area contributed by atoms with Crippen molar-refractivity contribution in [2.75, 3.05) is 13.2 Å². The van der Waals surface area contributed by atoms with E-state index < -0.39 is 5.91 Å². The van der Waals surface area contributed by atoms with Gasteiger partial charge in [-0.05, 0) is 48.9 Å². The lowest BCUT2D eigenvalue weighted by Crippen LogP contribution is -2.34. The number of carbonyl (C=O) groups excluding carboxylic acids is 2. The standard InChI is InChI=1S/C17H24N2O3/c1-12-3-2-4-13(9-12)10-19-16(20)11-22-15-7-5-14(6-8-15)17(18)21/h5-8,12-13H,2-4,9-11H2,1H3,(H2,18,21)(H,19,20). The number of amides is 2. The van der Waals surface area contributed by atoms with Crippen LogP contribution in [0.2, 0.25) is 0 Å². The average Bonchev–Trinajstić information content (AvgIpc) is 2.51.